The molecule has 0 aromatic heterocycles. The van der Waals surface area contributed by atoms with Crippen LogP contribution < -0.4 is 0 Å². The Labute approximate surface area is 73.9 Å². The van der Waals surface area contributed by atoms with Crippen LogP contribution in [-0.2, 0) is 0 Å². The van der Waals surface area contributed by atoms with Gasteiger partial charge >= 0.3 is 5.92 Å². The fourth-order valence-corrected chi connectivity index (χ4v) is 1.13. The molecule has 0 bridgehead atoms. The van der Waals surface area contributed by atoms with Crippen molar-refractivity contribution in [3.05, 3.63) is 10.9 Å². The van der Waals surface area contributed by atoms with Gasteiger partial charge in [-0.15, -0.1) is 0 Å². The van der Waals surface area contributed by atoms with E-state index in [1.165, 1.54) is 0 Å². The summed E-state index contributed by atoms with van der Waals surface area (Å²) in [5, 5.41) is -5.60. The zero-order valence-electron chi connectivity index (χ0n) is 5.22. The van der Waals surface area contributed by atoms with Gasteiger partial charge in [0.2, 0.25) is 6.17 Å². The normalized spacial score (nSPS) is 40.8. The second-order valence-electron chi connectivity index (χ2n) is 2.22. The molecule has 0 aromatic rings. The van der Waals surface area contributed by atoms with Crippen molar-refractivity contribution in [1.29, 1.82) is 0 Å². The summed E-state index contributed by atoms with van der Waals surface area (Å²) in [6, 6.07) is 0. The fraction of sp³-hybridized carbons (Fsp3) is 0.600. The molecule has 0 heterocycles. The molecule has 70 valence electrons. The van der Waals surface area contributed by atoms with E-state index in [1.54, 1.807) is 0 Å². The predicted molar refractivity (Wildman–Crippen MR) is 33.5 cm³/mol. The van der Waals surface area contributed by atoms with Crippen LogP contribution in [0.15, 0.2) is 10.9 Å². The van der Waals surface area contributed by atoms with Crippen molar-refractivity contribution in [2.45, 2.75) is 17.2 Å². The van der Waals surface area contributed by atoms with E-state index in [1.807, 2.05) is 0 Å². The van der Waals surface area contributed by atoms with Gasteiger partial charge in [0.05, 0.1) is 0 Å². The third-order valence-electron chi connectivity index (χ3n) is 1.44. The van der Waals surface area contributed by atoms with Crippen LogP contribution in [0.4, 0.5) is 22.0 Å². The molecule has 0 spiro atoms. The smallest absolute Gasteiger partial charge is 0.233 e. The Morgan fingerprint density at radius 1 is 1.25 bits per heavy atom. The molecule has 1 aliphatic rings. The third kappa shape index (κ3) is 0.956. The number of alkyl halides is 5. The summed E-state index contributed by atoms with van der Waals surface area (Å²) in [5.41, 5.74) is 0. The van der Waals surface area contributed by atoms with E-state index < -0.39 is 28.1 Å². The van der Waals surface area contributed by atoms with Crippen LogP contribution in [-0.4, -0.2) is 17.2 Å². The molecule has 0 N–H and O–H groups in total. The largest absolute Gasteiger partial charge is 0.337 e. The standard InChI is InChI=1S/C5HCl2F5/c6-2-1(8)3(9)5(11,12)4(2,7)10/h3H. The van der Waals surface area contributed by atoms with Crippen LogP contribution in [0.5, 0.6) is 0 Å². The number of halogens is 7. The number of rotatable bonds is 0. The van der Waals surface area contributed by atoms with Crippen molar-refractivity contribution in [3.63, 3.8) is 0 Å². The number of allylic oxidation sites excluding steroid dienone is 2. The van der Waals surface area contributed by atoms with Crippen molar-refractivity contribution in [2.75, 3.05) is 0 Å². The second kappa shape index (κ2) is 2.48. The zero-order valence-corrected chi connectivity index (χ0v) is 6.73. The van der Waals surface area contributed by atoms with Crippen molar-refractivity contribution in [1.82, 2.24) is 0 Å². The highest BCUT2D eigenvalue weighted by molar-refractivity contribution is 6.40. The minimum absolute atomic E-state index is 1.62. The second-order valence-corrected chi connectivity index (χ2v) is 3.12. The van der Waals surface area contributed by atoms with Crippen molar-refractivity contribution >= 4 is 23.2 Å². The lowest BCUT2D eigenvalue weighted by molar-refractivity contribution is -0.108. The first-order chi connectivity index (χ1) is 5.23. The van der Waals surface area contributed by atoms with Gasteiger partial charge in [0.15, 0.2) is 5.83 Å². The van der Waals surface area contributed by atoms with Crippen LogP contribution in [0.2, 0.25) is 0 Å². The Hall–Kier alpha value is -0.0300. The predicted octanol–water partition coefficient (Wildman–Crippen LogP) is 3.30. The van der Waals surface area contributed by atoms with E-state index in [0.717, 1.165) is 0 Å². The zero-order chi connectivity index (χ0) is 9.73. The molecule has 12 heavy (non-hydrogen) atoms. The molecular weight excluding hydrogens is 226 g/mol. The van der Waals surface area contributed by atoms with Crippen LogP contribution >= 0.6 is 23.2 Å². The maximum absolute atomic E-state index is 12.6. The minimum atomic E-state index is -4.66. The Bertz CT molecular complexity index is 246. The average Bonchev–Trinajstić information content (AvgIpc) is 2.05. The topological polar surface area (TPSA) is 0 Å². The van der Waals surface area contributed by atoms with E-state index in [2.05, 4.69) is 11.6 Å². The summed E-state index contributed by atoms with van der Waals surface area (Å²) < 4.78 is 61.9. The Kier molecular flexibility index (Phi) is 2.08. The molecular formula is C5HCl2F5. The first-order valence-electron chi connectivity index (χ1n) is 2.68. The van der Waals surface area contributed by atoms with Gasteiger partial charge in [0.1, 0.15) is 5.03 Å². The summed E-state index contributed by atoms with van der Waals surface area (Å²) in [6.45, 7) is 0. The number of hydrogen-bond acceptors (Lipinski definition) is 0. The van der Waals surface area contributed by atoms with E-state index >= 15 is 0 Å². The van der Waals surface area contributed by atoms with Gasteiger partial charge in [-0.05, 0) is 0 Å². The van der Waals surface area contributed by atoms with Crippen molar-refractivity contribution in [3.8, 4) is 0 Å². The monoisotopic (exact) mass is 226 g/mol. The first-order valence-corrected chi connectivity index (χ1v) is 3.44. The van der Waals surface area contributed by atoms with Gasteiger partial charge in [-0.3, -0.25) is 0 Å². The molecule has 2 atom stereocenters. The molecule has 0 amide bonds. The molecule has 1 aliphatic carbocycles. The van der Waals surface area contributed by atoms with Gasteiger partial charge in [0, 0.05) is 0 Å². The minimum Gasteiger partial charge on any atom is -0.233 e. The van der Waals surface area contributed by atoms with E-state index in [9.17, 15) is 22.0 Å². The molecule has 0 saturated heterocycles. The summed E-state index contributed by atoms with van der Waals surface area (Å²) in [6.07, 6.45) is -3.41. The molecule has 1 rings (SSSR count). The average molecular weight is 227 g/mol. The van der Waals surface area contributed by atoms with Crippen LogP contribution in [0, 0.1) is 0 Å². The third-order valence-corrected chi connectivity index (χ3v) is 2.42. The van der Waals surface area contributed by atoms with Gasteiger partial charge in [-0.2, -0.15) is 8.78 Å². The Balaban J connectivity index is 3.22. The lowest BCUT2D eigenvalue weighted by Gasteiger charge is -2.21. The SMILES string of the molecule is FC1=C(Cl)C(F)(Cl)C(F)(F)C1F. The van der Waals surface area contributed by atoms with Crippen molar-refractivity contribution in [2.24, 2.45) is 0 Å². The van der Waals surface area contributed by atoms with Gasteiger partial charge in [-0.25, -0.2) is 13.2 Å². The first kappa shape index (κ1) is 10.1. The van der Waals surface area contributed by atoms with E-state index in [4.69, 9.17) is 11.6 Å². The molecule has 0 aromatic carbocycles. The maximum Gasteiger partial charge on any atom is 0.337 e. The Morgan fingerprint density at radius 3 is 1.75 bits per heavy atom. The molecule has 0 fully saturated rings. The van der Waals surface area contributed by atoms with E-state index in [-0.39, 0.29) is 0 Å². The Morgan fingerprint density at radius 2 is 1.67 bits per heavy atom. The van der Waals surface area contributed by atoms with Gasteiger partial charge in [0.25, 0.3) is 5.13 Å². The molecule has 7 heteroatoms. The highest BCUT2D eigenvalue weighted by Crippen LogP contribution is 2.55. The molecule has 0 aliphatic heterocycles. The van der Waals surface area contributed by atoms with E-state index in [0.29, 0.717) is 0 Å². The van der Waals surface area contributed by atoms with Crippen LogP contribution in [0.1, 0.15) is 0 Å². The highest BCUT2D eigenvalue weighted by atomic mass is 35.5. The quantitative estimate of drug-likeness (QED) is 0.440. The molecule has 0 nitrogen and oxygen atoms in total. The fourth-order valence-electron chi connectivity index (χ4n) is 0.726. The van der Waals surface area contributed by atoms with Gasteiger partial charge < -0.3 is 0 Å². The lowest BCUT2D eigenvalue weighted by Crippen LogP contribution is -2.41. The highest BCUT2D eigenvalue weighted by Gasteiger charge is 2.69. The summed E-state index contributed by atoms with van der Waals surface area (Å²) in [7, 11) is 0. The summed E-state index contributed by atoms with van der Waals surface area (Å²) in [5.74, 6) is -6.71. The summed E-state index contributed by atoms with van der Waals surface area (Å²) in [4.78, 5) is 0. The molecule has 0 radical (unpaired) electrons. The van der Waals surface area contributed by atoms with Crippen molar-refractivity contribution < 1.29 is 22.0 Å². The summed E-state index contributed by atoms with van der Waals surface area (Å²) >= 11 is 9.22. The number of hydrogen-bond donors (Lipinski definition) is 0. The molecule has 2 unspecified atom stereocenters. The lowest BCUT2D eigenvalue weighted by atomic mass is 10.2. The maximum atomic E-state index is 12.6. The molecule has 0 saturated carbocycles. The van der Waals surface area contributed by atoms with Crippen LogP contribution in [0.3, 0.4) is 0 Å². The van der Waals surface area contributed by atoms with Crippen LogP contribution in [0.25, 0.3) is 0 Å². The van der Waals surface area contributed by atoms with Gasteiger partial charge in [-0.1, -0.05) is 23.2 Å².